The maximum atomic E-state index is 13.8. The molecule has 120 valence electrons. The van der Waals surface area contributed by atoms with Crippen molar-refractivity contribution in [1.29, 1.82) is 0 Å². The van der Waals surface area contributed by atoms with E-state index in [0.717, 1.165) is 12.0 Å². The molecule has 0 spiro atoms. The van der Waals surface area contributed by atoms with E-state index in [0.29, 0.717) is 18.7 Å². The Morgan fingerprint density at radius 2 is 1.83 bits per heavy atom. The topological polar surface area (TPSA) is 46.3 Å². The summed E-state index contributed by atoms with van der Waals surface area (Å²) in [6.07, 6.45) is 0.819. The highest BCUT2D eigenvalue weighted by Gasteiger charge is 2.24. The Hall–Kier alpha value is -2.95. The van der Waals surface area contributed by atoms with Crippen LogP contribution in [0, 0.1) is 5.82 Å². The highest BCUT2D eigenvalue weighted by atomic mass is 19.1. The molecule has 1 amide bonds. The Morgan fingerprint density at radius 3 is 2.67 bits per heavy atom. The summed E-state index contributed by atoms with van der Waals surface area (Å²) in [5.41, 5.74) is 2.92. The summed E-state index contributed by atoms with van der Waals surface area (Å²) in [7, 11) is 0. The van der Waals surface area contributed by atoms with Gasteiger partial charge in [-0.3, -0.25) is 4.79 Å². The molecule has 0 aliphatic carbocycles. The fourth-order valence-electron chi connectivity index (χ4n) is 3.00. The maximum absolute atomic E-state index is 13.8. The SMILES string of the molecule is O=C(c1cc(-c2ccccc2F)on1)N1CCc2ccccc2C1. The highest BCUT2D eigenvalue weighted by molar-refractivity contribution is 5.93. The van der Waals surface area contributed by atoms with Crippen molar-refractivity contribution < 1.29 is 13.7 Å². The number of carbonyl (C=O) groups is 1. The minimum atomic E-state index is -0.403. The predicted octanol–water partition coefficient (Wildman–Crippen LogP) is 3.68. The van der Waals surface area contributed by atoms with Crippen LogP contribution in [-0.2, 0) is 13.0 Å². The molecule has 0 N–H and O–H groups in total. The molecule has 0 bridgehead atoms. The van der Waals surface area contributed by atoms with Gasteiger partial charge in [0.1, 0.15) is 5.82 Å². The molecule has 1 aliphatic heterocycles. The van der Waals surface area contributed by atoms with Gasteiger partial charge in [-0.2, -0.15) is 0 Å². The van der Waals surface area contributed by atoms with E-state index in [2.05, 4.69) is 11.2 Å². The molecule has 3 aromatic rings. The van der Waals surface area contributed by atoms with Crippen LogP contribution in [0.25, 0.3) is 11.3 Å². The minimum absolute atomic E-state index is 0.198. The van der Waals surface area contributed by atoms with Gasteiger partial charge in [0.2, 0.25) is 0 Å². The zero-order valence-electron chi connectivity index (χ0n) is 12.9. The number of fused-ring (bicyclic) bond motifs is 1. The van der Waals surface area contributed by atoms with Gasteiger partial charge in [-0.05, 0) is 29.7 Å². The molecule has 24 heavy (non-hydrogen) atoms. The number of hydrogen-bond donors (Lipinski definition) is 0. The maximum Gasteiger partial charge on any atom is 0.276 e. The van der Waals surface area contributed by atoms with Crippen LogP contribution >= 0.6 is 0 Å². The predicted molar refractivity (Wildman–Crippen MR) is 86.8 cm³/mol. The number of aromatic nitrogens is 1. The first kappa shape index (κ1) is 14.6. The van der Waals surface area contributed by atoms with Gasteiger partial charge in [-0.1, -0.05) is 41.6 Å². The Balaban J connectivity index is 1.57. The number of amides is 1. The zero-order valence-corrected chi connectivity index (χ0v) is 12.9. The van der Waals surface area contributed by atoms with Crippen LogP contribution in [0.5, 0.6) is 0 Å². The van der Waals surface area contributed by atoms with E-state index >= 15 is 0 Å². The van der Waals surface area contributed by atoms with Crippen molar-refractivity contribution in [3.63, 3.8) is 0 Å². The van der Waals surface area contributed by atoms with Crippen molar-refractivity contribution in [3.05, 3.63) is 77.2 Å². The van der Waals surface area contributed by atoms with Gasteiger partial charge < -0.3 is 9.42 Å². The van der Waals surface area contributed by atoms with Gasteiger partial charge in [0.05, 0.1) is 5.56 Å². The summed E-state index contributed by atoms with van der Waals surface area (Å²) in [5.74, 6) is -0.343. The number of halogens is 1. The number of rotatable bonds is 2. The van der Waals surface area contributed by atoms with E-state index in [1.165, 1.54) is 17.7 Å². The normalized spacial score (nSPS) is 13.6. The third kappa shape index (κ3) is 2.58. The minimum Gasteiger partial charge on any atom is -0.355 e. The van der Waals surface area contributed by atoms with Crippen LogP contribution in [0.15, 0.2) is 59.1 Å². The van der Waals surface area contributed by atoms with Crippen LogP contribution in [0.4, 0.5) is 4.39 Å². The van der Waals surface area contributed by atoms with Crippen molar-refractivity contribution in [1.82, 2.24) is 10.1 Å². The third-order valence-electron chi connectivity index (χ3n) is 4.29. The standard InChI is InChI=1S/C19H15FN2O2/c20-16-8-4-3-7-15(16)18-11-17(21-24-18)19(23)22-10-9-13-5-1-2-6-14(13)12-22/h1-8,11H,9-10,12H2. The first-order valence-electron chi connectivity index (χ1n) is 7.80. The molecule has 4 nitrogen and oxygen atoms in total. The second-order valence-corrected chi connectivity index (χ2v) is 5.80. The van der Waals surface area contributed by atoms with Gasteiger partial charge >= 0.3 is 0 Å². The fraction of sp³-hybridized carbons (Fsp3) is 0.158. The van der Waals surface area contributed by atoms with Crippen LogP contribution in [0.2, 0.25) is 0 Å². The van der Waals surface area contributed by atoms with Gasteiger partial charge in [0, 0.05) is 19.2 Å². The molecule has 1 aromatic heterocycles. The molecule has 2 aromatic carbocycles. The smallest absolute Gasteiger partial charge is 0.276 e. The summed E-state index contributed by atoms with van der Waals surface area (Å²) in [5, 5.41) is 3.83. The van der Waals surface area contributed by atoms with E-state index in [4.69, 9.17) is 4.52 Å². The quantitative estimate of drug-likeness (QED) is 0.723. The highest BCUT2D eigenvalue weighted by Crippen LogP contribution is 2.25. The monoisotopic (exact) mass is 322 g/mol. The molecule has 1 aliphatic rings. The molecule has 0 fully saturated rings. The second-order valence-electron chi connectivity index (χ2n) is 5.80. The molecule has 4 rings (SSSR count). The lowest BCUT2D eigenvalue weighted by atomic mass is 10.00. The molecule has 2 heterocycles. The number of hydrogen-bond acceptors (Lipinski definition) is 3. The van der Waals surface area contributed by atoms with Crippen molar-refractivity contribution in [2.75, 3.05) is 6.54 Å². The Bertz CT molecular complexity index is 904. The van der Waals surface area contributed by atoms with Crippen LogP contribution in [-0.4, -0.2) is 22.5 Å². The molecular weight excluding hydrogens is 307 g/mol. The Morgan fingerprint density at radius 1 is 1.08 bits per heavy atom. The lowest BCUT2D eigenvalue weighted by Crippen LogP contribution is -2.36. The molecule has 0 atom stereocenters. The summed E-state index contributed by atoms with van der Waals surface area (Å²) in [6, 6.07) is 15.9. The molecule has 0 saturated heterocycles. The second kappa shape index (κ2) is 5.92. The Labute approximate surface area is 138 Å². The third-order valence-corrected chi connectivity index (χ3v) is 4.29. The summed E-state index contributed by atoms with van der Waals surface area (Å²) in [6.45, 7) is 1.19. The fourth-order valence-corrected chi connectivity index (χ4v) is 3.00. The Kier molecular flexibility index (Phi) is 3.61. The van der Waals surface area contributed by atoms with Crippen molar-refractivity contribution in [2.24, 2.45) is 0 Å². The lowest BCUT2D eigenvalue weighted by Gasteiger charge is -2.28. The van der Waals surface area contributed by atoms with E-state index in [1.807, 2.05) is 18.2 Å². The van der Waals surface area contributed by atoms with Gasteiger partial charge in [0.15, 0.2) is 11.5 Å². The average molecular weight is 322 g/mol. The molecule has 0 unspecified atom stereocenters. The number of benzene rings is 2. The van der Waals surface area contributed by atoms with Crippen molar-refractivity contribution >= 4 is 5.91 Å². The van der Waals surface area contributed by atoms with Crippen molar-refractivity contribution in [2.45, 2.75) is 13.0 Å². The zero-order chi connectivity index (χ0) is 16.5. The van der Waals surface area contributed by atoms with Gasteiger partial charge in [-0.15, -0.1) is 0 Å². The lowest BCUT2D eigenvalue weighted by molar-refractivity contribution is 0.0724. The van der Waals surface area contributed by atoms with Crippen LogP contribution in [0.3, 0.4) is 0 Å². The van der Waals surface area contributed by atoms with E-state index < -0.39 is 5.82 Å². The van der Waals surface area contributed by atoms with Crippen molar-refractivity contribution in [3.8, 4) is 11.3 Å². The van der Waals surface area contributed by atoms with E-state index in [9.17, 15) is 9.18 Å². The van der Waals surface area contributed by atoms with Crippen LogP contribution in [0.1, 0.15) is 21.6 Å². The molecular formula is C19H15FN2O2. The summed E-state index contributed by atoms with van der Waals surface area (Å²) >= 11 is 0. The number of carbonyl (C=O) groups excluding carboxylic acids is 1. The van der Waals surface area contributed by atoms with Gasteiger partial charge in [-0.25, -0.2) is 4.39 Å². The molecule has 0 radical (unpaired) electrons. The van der Waals surface area contributed by atoms with E-state index in [1.54, 1.807) is 23.1 Å². The summed E-state index contributed by atoms with van der Waals surface area (Å²) < 4.78 is 19.0. The average Bonchev–Trinajstić information content (AvgIpc) is 3.11. The first-order valence-corrected chi connectivity index (χ1v) is 7.80. The summed E-state index contributed by atoms with van der Waals surface area (Å²) in [4.78, 5) is 14.4. The first-order chi connectivity index (χ1) is 11.7. The van der Waals surface area contributed by atoms with E-state index in [-0.39, 0.29) is 17.4 Å². The number of nitrogens with zero attached hydrogens (tertiary/aromatic N) is 2. The largest absolute Gasteiger partial charge is 0.355 e. The van der Waals surface area contributed by atoms with Crippen LogP contribution < -0.4 is 0 Å². The molecule has 0 saturated carbocycles. The molecule has 5 heteroatoms. The van der Waals surface area contributed by atoms with Gasteiger partial charge in [0.25, 0.3) is 5.91 Å².